The fourth-order valence-electron chi connectivity index (χ4n) is 2.83. The average molecular weight is 351 g/mol. The van der Waals surface area contributed by atoms with E-state index in [-0.39, 0.29) is 12.0 Å². The maximum Gasteiger partial charge on any atom is 0.257 e. The van der Waals surface area contributed by atoms with Gasteiger partial charge in [0.15, 0.2) is 0 Å². The summed E-state index contributed by atoms with van der Waals surface area (Å²) in [5, 5.41) is 6.10. The standard InChI is InChI=1S/C21H25N3O2/c1-15-8-10-18(11-9-15)23-21(22-14-19-7-4-12-26-19)24-20(25)17-6-3-5-16(2)13-17/h3,5-6,8-11,13,19H,4,7,12,14H2,1-2H3,(H2,22,23,24,25). The molecule has 0 saturated carbocycles. The number of anilines is 1. The molecule has 5 heteroatoms. The number of rotatable bonds is 4. The third-order valence-electron chi connectivity index (χ3n) is 4.30. The summed E-state index contributed by atoms with van der Waals surface area (Å²) in [5.74, 6) is 0.260. The maximum absolute atomic E-state index is 12.6. The molecule has 1 unspecified atom stereocenters. The van der Waals surface area contributed by atoms with Crippen molar-refractivity contribution in [3.05, 3.63) is 65.2 Å². The number of aryl methyl sites for hydroxylation is 2. The molecule has 0 radical (unpaired) electrons. The van der Waals surface area contributed by atoms with Crippen LogP contribution in [0.4, 0.5) is 5.69 Å². The second-order valence-electron chi connectivity index (χ2n) is 6.64. The molecule has 1 heterocycles. The SMILES string of the molecule is Cc1ccc(NC(=NCC2CCCO2)NC(=O)c2cccc(C)c2)cc1. The summed E-state index contributed by atoms with van der Waals surface area (Å²) in [6.07, 6.45) is 2.20. The number of nitrogens with zero attached hydrogens (tertiary/aromatic N) is 1. The molecule has 3 rings (SSSR count). The molecular weight excluding hydrogens is 326 g/mol. The highest BCUT2D eigenvalue weighted by Gasteiger charge is 2.16. The van der Waals surface area contributed by atoms with Crippen molar-refractivity contribution in [3.63, 3.8) is 0 Å². The molecule has 0 spiro atoms. The van der Waals surface area contributed by atoms with Crippen LogP contribution in [-0.4, -0.2) is 31.1 Å². The molecule has 2 aromatic rings. The number of nitrogens with one attached hydrogen (secondary N) is 2. The first-order chi connectivity index (χ1) is 12.6. The minimum absolute atomic E-state index is 0.126. The van der Waals surface area contributed by atoms with Crippen LogP contribution >= 0.6 is 0 Å². The first kappa shape index (κ1) is 18.1. The van der Waals surface area contributed by atoms with Crippen molar-refractivity contribution in [1.29, 1.82) is 0 Å². The second kappa shape index (κ2) is 8.63. The monoisotopic (exact) mass is 351 g/mol. The van der Waals surface area contributed by atoms with Gasteiger partial charge in [-0.25, -0.2) is 4.99 Å². The van der Waals surface area contributed by atoms with Crippen molar-refractivity contribution in [2.45, 2.75) is 32.8 Å². The Bertz CT molecular complexity index is 778. The molecule has 136 valence electrons. The van der Waals surface area contributed by atoms with E-state index in [1.54, 1.807) is 6.07 Å². The van der Waals surface area contributed by atoms with Gasteiger partial charge in [-0.1, -0.05) is 35.4 Å². The first-order valence-corrected chi connectivity index (χ1v) is 8.98. The second-order valence-corrected chi connectivity index (χ2v) is 6.64. The van der Waals surface area contributed by atoms with Gasteiger partial charge in [0.25, 0.3) is 5.91 Å². The third kappa shape index (κ3) is 5.17. The van der Waals surface area contributed by atoms with Crippen LogP contribution < -0.4 is 10.6 Å². The van der Waals surface area contributed by atoms with E-state index in [1.165, 1.54) is 5.56 Å². The Morgan fingerprint density at radius 1 is 1.15 bits per heavy atom. The number of benzene rings is 2. The first-order valence-electron chi connectivity index (χ1n) is 8.98. The number of ether oxygens (including phenoxy) is 1. The summed E-state index contributed by atoms with van der Waals surface area (Å²) < 4.78 is 5.63. The van der Waals surface area contributed by atoms with Gasteiger partial charge in [-0.2, -0.15) is 0 Å². The van der Waals surface area contributed by atoms with Gasteiger partial charge < -0.3 is 10.1 Å². The van der Waals surface area contributed by atoms with Crippen molar-refractivity contribution >= 4 is 17.6 Å². The van der Waals surface area contributed by atoms with E-state index >= 15 is 0 Å². The molecule has 1 fully saturated rings. The molecule has 1 aliphatic heterocycles. The van der Waals surface area contributed by atoms with E-state index < -0.39 is 0 Å². The summed E-state index contributed by atoms with van der Waals surface area (Å²) in [4.78, 5) is 17.1. The lowest BCUT2D eigenvalue weighted by molar-refractivity contribution is 0.0975. The van der Waals surface area contributed by atoms with Crippen molar-refractivity contribution < 1.29 is 9.53 Å². The zero-order valence-corrected chi connectivity index (χ0v) is 15.3. The van der Waals surface area contributed by atoms with Crippen molar-refractivity contribution in [1.82, 2.24) is 5.32 Å². The number of amides is 1. The molecule has 5 nitrogen and oxygen atoms in total. The van der Waals surface area contributed by atoms with E-state index in [0.717, 1.165) is 30.7 Å². The maximum atomic E-state index is 12.6. The van der Waals surface area contributed by atoms with E-state index in [9.17, 15) is 4.79 Å². The van der Waals surface area contributed by atoms with Crippen LogP contribution in [0.25, 0.3) is 0 Å². The Balaban J connectivity index is 1.73. The Hall–Kier alpha value is -2.66. The van der Waals surface area contributed by atoms with E-state index in [0.29, 0.717) is 18.1 Å². The molecule has 0 aliphatic carbocycles. The number of hydrogen-bond acceptors (Lipinski definition) is 3. The Kier molecular flexibility index (Phi) is 6.02. The lowest BCUT2D eigenvalue weighted by atomic mass is 10.1. The van der Waals surface area contributed by atoms with Crippen molar-refractivity contribution in [2.24, 2.45) is 4.99 Å². The van der Waals surface area contributed by atoms with Gasteiger partial charge in [0.1, 0.15) is 0 Å². The molecule has 1 amide bonds. The van der Waals surface area contributed by atoms with Gasteiger partial charge >= 0.3 is 0 Å². The van der Waals surface area contributed by atoms with Gasteiger partial charge in [0, 0.05) is 17.9 Å². The molecule has 26 heavy (non-hydrogen) atoms. The zero-order chi connectivity index (χ0) is 18.4. The number of guanidine groups is 1. The minimum atomic E-state index is -0.181. The highest BCUT2D eigenvalue weighted by Crippen LogP contribution is 2.13. The smallest absolute Gasteiger partial charge is 0.257 e. The van der Waals surface area contributed by atoms with Crippen LogP contribution in [0.1, 0.15) is 34.3 Å². The minimum Gasteiger partial charge on any atom is -0.376 e. The van der Waals surface area contributed by atoms with E-state index in [4.69, 9.17) is 4.74 Å². The normalized spacial score (nSPS) is 17.2. The zero-order valence-electron chi connectivity index (χ0n) is 15.3. The highest BCUT2D eigenvalue weighted by atomic mass is 16.5. The Morgan fingerprint density at radius 2 is 1.96 bits per heavy atom. The Labute approximate surface area is 154 Å². The van der Waals surface area contributed by atoms with Gasteiger partial charge in [-0.15, -0.1) is 0 Å². The third-order valence-corrected chi connectivity index (χ3v) is 4.30. The number of carbonyl (C=O) groups excluding carboxylic acids is 1. The predicted octanol–water partition coefficient (Wildman–Crippen LogP) is 3.68. The molecule has 1 saturated heterocycles. The molecular formula is C21H25N3O2. The van der Waals surface area contributed by atoms with Crippen LogP contribution in [0.15, 0.2) is 53.5 Å². The van der Waals surface area contributed by atoms with Crippen LogP contribution in [0.3, 0.4) is 0 Å². The fourth-order valence-corrected chi connectivity index (χ4v) is 2.83. The number of aliphatic imine (C=N–C) groups is 1. The van der Waals surface area contributed by atoms with Crippen LogP contribution in [-0.2, 0) is 4.74 Å². The number of hydrogen-bond donors (Lipinski definition) is 2. The summed E-state index contributed by atoms with van der Waals surface area (Å²) in [5.41, 5.74) is 3.71. The lowest BCUT2D eigenvalue weighted by Gasteiger charge is -2.14. The van der Waals surface area contributed by atoms with Crippen LogP contribution in [0, 0.1) is 13.8 Å². The molecule has 0 aromatic heterocycles. The van der Waals surface area contributed by atoms with Crippen molar-refractivity contribution in [3.8, 4) is 0 Å². The molecule has 1 atom stereocenters. The molecule has 2 aromatic carbocycles. The van der Waals surface area contributed by atoms with Crippen LogP contribution in [0.2, 0.25) is 0 Å². The summed E-state index contributed by atoms with van der Waals surface area (Å²) in [6.45, 7) is 5.32. The summed E-state index contributed by atoms with van der Waals surface area (Å²) in [7, 11) is 0. The van der Waals surface area contributed by atoms with Gasteiger partial charge in [-0.3, -0.25) is 10.1 Å². The summed E-state index contributed by atoms with van der Waals surface area (Å²) in [6, 6.07) is 15.5. The summed E-state index contributed by atoms with van der Waals surface area (Å²) >= 11 is 0. The lowest BCUT2D eigenvalue weighted by Crippen LogP contribution is -2.36. The quantitative estimate of drug-likeness (QED) is 0.652. The predicted molar refractivity (Wildman–Crippen MR) is 105 cm³/mol. The Morgan fingerprint density at radius 3 is 2.65 bits per heavy atom. The van der Waals surface area contributed by atoms with Crippen molar-refractivity contribution in [2.75, 3.05) is 18.5 Å². The molecule has 0 bridgehead atoms. The van der Waals surface area contributed by atoms with Gasteiger partial charge in [-0.05, 0) is 51.0 Å². The van der Waals surface area contributed by atoms with E-state index in [2.05, 4.69) is 15.6 Å². The van der Waals surface area contributed by atoms with Gasteiger partial charge in [0.2, 0.25) is 5.96 Å². The van der Waals surface area contributed by atoms with Crippen LogP contribution in [0.5, 0.6) is 0 Å². The molecule has 2 N–H and O–H groups in total. The number of carbonyl (C=O) groups is 1. The fraction of sp³-hybridized carbons (Fsp3) is 0.333. The largest absolute Gasteiger partial charge is 0.376 e. The average Bonchev–Trinajstić information content (AvgIpc) is 3.15. The highest BCUT2D eigenvalue weighted by molar-refractivity contribution is 6.10. The topological polar surface area (TPSA) is 62.7 Å². The molecule has 1 aliphatic rings. The van der Waals surface area contributed by atoms with Gasteiger partial charge in [0.05, 0.1) is 12.6 Å². The van der Waals surface area contributed by atoms with E-state index in [1.807, 2.05) is 56.3 Å².